The fourth-order valence-electron chi connectivity index (χ4n) is 2.07. The Kier molecular flexibility index (Phi) is 20.7. The minimum absolute atomic E-state index is 0.265. The molecule has 0 aromatic rings. The van der Waals surface area contributed by atoms with Crippen molar-refractivity contribution in [2.45, 2.75) is 71.1 Å². The molecule has 0 fully saturated rings. The van der Waals surface area contributed by atoms with E-state index in [0.29, 0.717) is 0 Å². The van der Waals surface area contributed by atoms with Crippen LogP contribution in [0.5, 0.6) is 0 Å². The lowest BCUT2D eigenvalue weighted by Gasteiger charge is -2.06. The topological polar surface area (TPSA) is 47.9 Å². The summed E-state index contributed by atoms with van der Waals surface area (Å²) in [7, 11) is 0. The predicted molar refractivity (Wildman–Crippen MR) is 91.4 cm³/mol. The number of hydrogen-bond acceptors (Lipinski definition) is 4. The molecule has 1 N–H and O–H groups in total. The lowest BCUT2D eigenvalue weighted by atomic mass is 10.2. The molecule has 0 atom stereocenters. The maximum Gasteiger partial charge on any atom is 0.0466 e. The van der Waals surface area contributed by atoms with Crippen LogP contribution in [0.4, 0.5) is 0 Å². The van der Waals surface area contributed by atoms with E-state index in [4.69, 9.17) is 19.3 Å². The second-order valence-electron chi connectivity index (χ2n) is 5.74. The second-order valence-corrected chi connectivity index (χ2v) is 5.74. The molecule has 0 saturated heterocycles. The number of aliphatic hydroxyl groups is 1. The standard InChI is InChI=1S/C18H38O4/c1-2-3-4-6-13-20-15-8-10-17-22-18-11-9-16-21-14-7-5-12-19/h19H,2-18H2,1H3. The molecular formula is C18H38O4. The first-order chi connectivity index (χ1) is 10.9. The van der Waals surface area contributed by atoms with E-state index in [-0.39, 0.29) is 6.61 Å². The van der Waals surface area contributed by atoms with Gasteiger partial charge in [0.25, 0.3) is 0 Å². The van der Waals surface area contributed by atoms with Crippen molar-refractivity contribution < 1.29 is 19.3 Å². The number of unbranched alkanes of at least 4 members (excludes halogenated alkanes) is 6. The van der Waals surface area contributed by atoms with Gasteiger partial charge in [-0.05, 0) is 44.9 Å². The van der Waals surface area contributed by atoms with Crippen LogP contribution in [0, 0.1) is 0 Å². The van der Waals surface area contributed by atoms with Crippen LogP contribution in [0.3, 0.4) is 0 Å². The van der Waals surface area contributed by atoms with Crippen LogP contribution in [0.25, 0.3) is 0 Å². The summed E-state index contributed by atoms with van der Waals surface area (Å²) in [6.45, 7) is 7.53. The SMILES string of the molecule is CCCCCCOCCCCOCCCCOCCCCO. The summed E-state index contributed by atoms with van der Waals surface area (Å²) in [5.74, 6) is 0. The molecule has 0 aliphatic carbocycles. The van der Waals surface area contributed by atoms with Crippen LogP contribution in [0.2, 0.25) is 0 Å². The quantitative estimate of drug-likeness (QED) is 0.366. The summed E-state index contributed by atoms with van der Waals surface area (Å²) in [6, 6.07) is 0. The van der Waals surface area contributed by atoms with Crippen molar-refractivity contribution >= 4 is 0 Å². The Labute approximate surface area is 137 Å². The normalized spacial score (nSPS) is 11.2. The van der Waals surface area contributed by atoms with E-state index >= 15 is 0 Å². The lowest BCUT2D eigenvalue weighted by Crippen LogP contribution is -2.03. The van der Waals surface area contributed by atoms with Crippen molar-refractivity contribution in [2.75, 3.05) is 46.2 Å². The molecule has 4 nitrogen and oxygen atoms in total. The molecule has 134 valence electrons. The molecule has 0 heterocycles. The molecule has 0 saturated carbocycles. The van der Waals surface area contributed by atoms with E-state index in [1.165, 1.54) is 25.7 Å². The summed E-state index contributed by atoms with van der Waals surface area (Å²) >= 11 is 0. The van der Waals surface area contributed by atoms with Crippen LogP contribution < -0.4 is 0 Å². The Morgan fingerprint density at radius 3 is 1.23 bits per heavy atom. The summed E-state index contributed by atoms with van der Waals surface area (Å²) < 4.78 is 16.6. The molecule has 0 rings (SSSR count). The third kappa shape index (κ3) is 19.8. The number of aliphatic hydroxyl groups excluding tert-OH is 1. The molecule has 0 bridgehead atoms. The first-order valence-corrected chi connectivity index (χ1v) is 9.26. The highest BCUT2D eigenvalue weighted by molar-refractivity contribution is 4.43. The zero-order chi connectivity index (χ0) is 16.1. The first-order valence-electron chi connectivity index (χ1n) is 9.26. The van der Waals surface area contributed by atoms with Gasteiger partial charge >= 0.3 is 0 Å². The van der Waals surface area contributed by atoms with Gasteiger partial charge in [0.05, 0.1) is 0 Å². The van der Waals surface area contributed by atoms with Gasteiger partial charge < -0.3 is 19.3 Å². The minimum Gasteiger partial charge on any atom is -0.396 e. The molecule has 0 aromatic heterocycles. The van der Waals surface area contributed by atoms with Crippen molar-refractivity contribution in [1.29, 1.82) is 0 Å². The van der Waals surface area contributed by atoms with Crippen molar-refractivity contribution in [3.63, 3.8) is 0 Å². The van der Waals surface area contributed by atoms with Crippen LogP contribution in [-0.4, -0.2) is 51.4 Å². The van der Waals surface area contributed by atoms with Crippen LogP contribution in [0.15, 0.2) is 0 Å². The van der Waals surface area contributed by atoms with Crippen molar-refractivity contribution in [3.8, 4) is 0 Å². The van der Waals surface area contributed by atoms with E-state index in [1.54, 1.807) is 0 Å². The summed E-state index contributed by atoms with van der Waals surface area (Å²) in [6.07, 6.45) is 11.2. The second kappa shape index (κ2) is 20.8. The van der Waals surface area contributed by atoms with Gasteiger partial charge in [-0.3, -0.25) is 0 Å². The van der Waals surface area contributed by atoms with Crippen LogP contribution in [-0.2, 0) is 14.2 Å². The zero-order valence-corrected chi connectivity index (χ0v) is 14.7. The highest BCUT2D eigenvalue weighted by atomic mass is 16.5. The number of rotatable bonds is 19. The highest BCUT2D eigenvalue weighted by Crippen LogP contribution is 2.00. The van der Waals surface area contributed by atoms with Gasteiger partial charge in [0, 0.05) is 46.2 Å². The molecule has 0 unspecified atom stereocenters. The van der Waals surface area contributed by atoms with E-state index in [9.17, 15) is 0 Å². The molecule has 0 aromatic carbocycles. The van der Waals surface area contributed by atoms with Gasteiger partial charge in [-0.15, -0.1) is 0 Å². The lowest BCUT2D eigenvalue weighted by molar-refractivity contribution is 0.0883. The molecular weight excluding hydrogens is 280 g/mol. The average Bonchev–Trinajstić information content (AvgIpc) is 2.54. The first kappa shape index (κ1) is 21.8. The third-order valence-corrected chi connectivity index (χ3v) is 3.49. The van der Waals surface area contributed by atoms with E-state index in [0.717, 1.165) is 78.2 Å². The molecule has 4 heteroatoms. The van der Waals surface area contributed by atoms with Gasteiger partial charge in [-0.25, -0.2) is 0 Å². The van der Waals surface area contributed by atoms with E-state index in [2.05, 4.69) is 6.92 Å². The molecule has 0 aliphatic rings. The molecule has 22 heavy (non-hydrogen) atoms. The molecule has 0 amide bonds. The van der Waals surface area contributed by atoms with Gasteiger partial charge in [-0.1, -0.05) is 26.2 Å². The van der Waals surface area contributed by atoms with Crippen LogP contribution in [0.1, 0.15) is 71.1 Å². The minimum atomic E-state index is 0.265. The summed E-state index contributed by atoms with van der Waals surface area (Å²) in [4.78, 5) is 0. The Bertz CT molecular complexity index is 168. The van der Waals surface area contributed by atoms with Crippen molar-refractivity contribution in [3.05, 3.63) is 0 Å². The monoisotopic (exact) mass is 318 g/mol. The number of hydrogen-bond donors (Lipinski definition) is 1. The number of ether oxygens (including phenoxy) is 3. The summed E-state index contributed by atoms with van der Waals surface area (Å²) in [5.41, 5.74) is 0. The molecule has 0 aliphatic heterocycles. The van der Waals surface area contributed by atoms with Gasteiger partial charge in [0.2, 0.25) is 0 Å². The Morgan fingerprint density at radius 1 is 0.500 bits per heavy atom. The van der Waals surface area contributed by atoms with Crippen molar-refractivity contribution in [1.82, 2.24) is 0 Å². The average molecular weight is 318 g/mol. The maximum atomic E-state index is 8.62. The Morgan fingerprint density at radius 2 is 0.864 bits per heavy atom. The van der Waals surface area contributed by atoms with Crippen molar-refractivity contribution in [2.24, 2.45) is 0 Å². The molecule has 0 spiro atoms. The zero-order valence-electron chi connectivity index (χ0n) is 14.7. The maximum absolute atomic E-state index is 8.62. The van der Waals surface area contributed by atoms with E-state index < -0.39 is 0 Å². The highest BCUT2D eigenvalue weighted by Gasteiger charge is 1.94. The predicted octanol–water partition coefficient (Wildman–Crippen LogP) is 3.95. The fourth-order valence-corrected chi connectivity index (χ4v) is 2.07. The smallest absolute Gasteiger partial charge is 0.0466 e. The van der Waals surface area contributed by atoms with Gasteiger partial charge in [0.15, 0.2) is 0 Å². The largest absolute Gasteiger partial charge is 0.396 e. The van der Waals surface area contributed by atoms with Gasteiger partial charge in [0.1, 0.15) is 0 Å². The summed E-state index contributed by atoms with van der Waals surface area (Å²) in [5, 5.41) is 8.62. The van der Waals surface area contributed by atoms with E-state index in [1.807, 2.05) is 0 Å². The third-order valence-electron chi connectivity index (χ3n) is 3.49. The Balaban J connectivity index is 2.91. The Hall–Kier alpha value is -0.160. The van der Waals surface area contributed by atoms with Gasteiger partial charge in [-0.2, -0.15) is 0 Å². The fraction of sp³-hybridized carbons (Fsp3) is 1.00. The van der Waals surface area contributed by atoms with Crippen LogP contribution >= 0.6 is 0 Å². The molecule has 0 radical (unpaired) electrons.